The third kappa shape index (κ3) is 3.00. The largest absolute Gasteiger partial charge is 0.477 e. The number of aliphatic hydroxyl groups is 1. The van der Waals surface area contributed by atoms with Crippen LogP contribution in [0.2, 0.25) is 0 Å². The summed E-state index contributed by atoms with van der Waals surface area (Å²) >= 11 is 1.27. The Morgan fingerprint density at radius 1 is 1.29 bits per heavy atom. The van der Waals surface area contributed by atoms with Crippen LogP contribution in [-0.4, -0.2) is 22.3 Å². The fourth-order valence-corrected chi connectivity index (χ4v) is 3.58. The lowest BCUT2D eigenvalue weighted by Crippen LogP contribution is -2.35. The lowest BCUT2D eigenvalue weighted by Gasteiger charge is -2.31. The Morgan fingerprint density at radius 2 is 2.10 bits per heavy atom. The van der Waals surface area contributed by atoms with Crippen molar-refractivity contribution in [2.45, 2.75) is 31.5 Å². The van der Waals surface area contributed by atoms with Gasteiger partial charge in [0, 0.05) is 11.4 Å². The number of thiophene rings is 1. The lowest BCUT2D eigenvalue weighted by atomic mass is 9.85. The molecule has 3 rings (SSSR count). The van der Waals surface area contributed by atoms with Gasteiger partial charge in [-0.3, -0.25) is 0 Å². The molecule has 0 spiro atoms. The van der Waals surface area contributed by atoms with Crippen molar-refractivity contribution in [3.05, 3.63) is 57.3 Å². The van der Waals surface area contributed by atoms with Crippen LogP contribution in [0.3, 0.4) is 0 Å². The molecule has 0 unspecified atom stereocenters. The standard InChI is InChI=1S/C16H17NO3S/c18-13-7-5-10-3-1-2-4-12(10)15(13)17-9-11-6-8-14(21-11)16(19)20/h1-4,6,8,13,15,17-18H,5,7,9H2,(H,19,20)/t13-,15+/m1/s1. The van der Waals surface area contributed by atoms with Gasteiger partial charge in [-0.1, -0.05) is 24.3 Å². The summed E-state index contributed by atoms with van der Waals surface area (Å²) in [6, 6.07) is 11.5. The number of carboxylic acids is 1. The Balaban J connectivity index is 1.73. The molecule has 1 heterocycles. The molecule has 21 heavy (non-hydrogen) atoms. The molecule has 3 N–H and O–H groups in total. The van der Waals surface area contributed by atoms with Gasteiger partial charge in [-0.15, -0.1) is 11.3 Å². The van der Waals surface area contributed by atoms with Crippen LogP contribution < -0.4 is 5.32 Å². The summed E-state index contributed by atoms with van der Waals surface area (Å²) in [5, 5.41) is 22.5. The first-order chi connectivity index (χ1) is 10.1. The minimum atomic E-state index is -0.894. The second kappa shape index (κ2) is 5.97. The van der Waals surface area contributed by atoms with Gasteiger partial charge in [0.15, 0.2) is 0 Å². The molecule has 5 heteroatoms. The van der Waals surface area contributed by atoms with Gasteiger partial charge in [0.1, 0.15) is 4.88 Å². The van der Waals surface area contributed by atoms with Crippen molar-refractivity contribution in [1.82, 2.24) is 5.32 Å². The second-order valence-electron chi connectivity index (χ2n) is 5.23. The van der Waals surface area contributed by atoms with E-state index >= 15 is 0 Å². The van der Waals surface area contributed by atoms with Gasteiger partial charge in [-0.25, -0.2) is 4.79 Å². The van der Waals surface area contributed by atoms with E-state index < -0.39 is 12.1 Å². The Morgan fingerprint density at radius 3 is 2.86 bits per heavy atom. The zero-order chi connectivity index (χ0) is 14.8. The van der Waals surface area contributed by atoms with E-state index in [1.54, 1.807) is 6.07 Å². The van der Waals surface area contributed by atoms with E-state index in [1.165, 1.54) is 16.9 Å². The molecule has 110 valence electrons. The molecule has 0 fully saturated rings. The van der Waals surface area contributed by atoms with Crippen molar-refractivity contribution < 1.29 is 15.0 Å². The van der Waals surface area contributed by atoms with Crippen molar-refractivity contribution >= 4 is 17.3 Å². The quantitative estimate of drug-likeness (QED) is 0.812. The number of hydrogen-bond donors (Lipinski definition) is 3. The molecule has 4 nitrogen and oxygen atoms in total. The highest BCUT2D eigenvalue weighted by Gasteiger charge is 2.27. The van der Waals surface area contributed by atoms with Crippen molar-refractivity contribution in [2.24, 2.45) is 0 Å². The van der Waals surface area contributed by atoms with Gasteiger partial charge >= 0.3 is 5.97 Å². The topological polar surface area (TPSA) is 69.6 Å². The first kappa shape index (κ1) is 14.3. The highest BCUT2D eigenvalue weighted by molar-refractivity contribution is 7.13. The first-order valence-corrected chi connectivity index (χ1v) is 7.78. The number of hydrogen-bond acceptors (Lipinski definition) is 4. The zero-order valence-corrected chi connectivity index (χ0v) is 12.3. The summed E-state index contributed by atoms with van der Waals surface area (Å²) in [4.78, 5) is 12.2. The maximum Gasteiger partial charge on any atom is 0.345 e. The van der Waals surface area contributed by atoms with E-state index in [-0.39, 0.29) is 6.04 Å². The van der Waals surface area contributed by atoms with Crippen molar-refractivity contribution in [3.63, 3.8) is 0 Å². The molecule has 1 aromatic carbocycles. The Hall–Kier alpha value is -1.69. The number of benzene rings is 1. The van der Waals surface area contributed by atoms with Gasteiger partial charge in [-0.2, -0.15) is 0 Å². The summed E-state index contributed by atoms with van der Waals surface area (Å²) < 4.78 is 0. The van der Waals surface area contributed by atoms with Gasteiger partial charge < -0.3 is 15.5 Å². The number of rotatable bonds is 4. The normalized spacial score (nSPS) is 21.0. The monoisotopic (exact) mass is 303 g/mol. The number of aromatic carboxylic acids is 1. The van der Waals surface area contributed by atoms with Crippen LogP contribution in [0.1, 0.15) is 38.1 Å². The van der Waals surface area contributed by atoms with Crippen molar-refractivity contribution in [1.29, 1.82) is 0 Å². The predicted molar refractivity (Wildman–Crippen MR) is 81.6 cm³/mol. The van der Waals surface area contributed by atoms with Crippen LogP contribution in [0.5, 0.6) is 0 Å². The summed E-state index contributed by atoms with van der Waals surface area (Å²) in [5.74, 6) is -0.894. The van der Waals surface area contributed by atoms with E-state index in [2.05, 4.69) is 11.4 Å². The number of aliphatic hydroxyl groups excluding tert-OH is 1. The van der Waals surface area contributed by atoms with E-state index in [4.69, 9.17) is 5.11 Å². The fourth-order valence-electron chi connectivity index (χ4n) is 2.79. The molecule has 2 atom stereocenters. The van der Waals surface area contributed by atoms with Gasteiger partial charge in [0.25, 0.3) is 0 Å². The smallest absolute Gasteiger partial charge is 0.345 e. The first-order valence-electron chi connectivity index (χ1n) is 6.96. The highest BCUT2D eigenvalue weighted by Crippen LogP contribution is 2.30. The summed E-state index contributed by atoms with van der Waals surface area (Å²) in [7, 11) is 0. The zero-order valence-electron chi connectivity index (χ0n) is 11.5. The van der Waals surface area contributed by atoms with E-state index in [0.717, 1.165) is 23.3 Å². The molecule has 2 aromatic rings. The number of aryl methyl sites for hydroxylation is 1. The minimum absolute atomic E-state index is 0.0923. The van der Waals surface area contributed by atoms with Gasteiger partial charge in [0.05, 0.1) is 12.1 Å². The number of nitrogens with one attached hydrogen (secondary N) is 1. The second-order valence-corrected chi connectivity index (χ2v) is 6.40. The third-order valence-corrected chi connectivity index (χ3v) is 4.93. The molecule has 0 saturated carbocycles. The predicted octanol–water partition coefficient (Wildman–Crippen LogP) is 2.58. The van der Waals surface area contributed by atoms with Crippen LogP contribution in [-0.2, 0) is 13.0 Å². The van der Waals surface area contributed by atoms with E-state index in [1.807, 2.05) is 24.3 Å². The van der Waals surface area contributed by atoms with Gasteiger partial charge in [0.2, 0.25) is 0 Å². The third-order valence-electron chi connectivity index (χ3n) is 3.85. The lowest BCUT2D eigenvalue weighted by molar-refractivity contribution is 0.0702. The summed E-state index contributed by atoms with van der Waals surface area (Å²) in [6.45, 7) is 0.563. The number of carboxylic acid groups (broad SMARTS) is 1. The Bertz CT molecular complexity index is 652. The molecule has 0 amide bonds. The van der Waals surface area contributed by atoms with Crippen LogP contribution in [0.4, 0.5) is 0 Å². The van der Waals surface area contributed by atoms with Gasteiger partial charge in [-0.05, 0) is 36.1 Å². The molecule has 0 saturated heterocycles. The fraction of sp³-hybridized carbons (Fsp3) is 0.312. The minimum Gasteiger partial charge on any atom is -0.477 e. The molecular weight excluding hydrogens is 286 g/mol. The van der Waals surface area contributed by atoms with Crippen LogP contribution >= 0.6 is 11.3 Å². The van der Waals surface area contributed by atoms with Crippen molar-refractivity contribution in [3.8, 4) is 0 Å². The maximum absolute atomic E-state index is 10.9. The van der Waals surface area contributed by atoms with E-state index in [0.29, 0.717) is 11.4 Å². The van der Waals surface area contributed by atoms with Crippen LogP contribution in [0, 0.1) is 0 Å². The average Bonchev–Trinajstić information content (AvgIpc) is 2.95. The average molecular weight is 303 g/mol. The SMILES string of the molecule is O=C(O)c1ccc(CN[C@H]2c3ccccc3CC[C@H]2O)s1. The maximum atomic E-state index is 10.9. The molecule has 1 aliphatic rings. The molecule has 0 radical (unpaired) electrons. The summed E-state index contributed by atoms with van der Waals surface area (Å²) in [6.07, 6.45) is 1.25. The molecule has 0 aliphatic heterocycles. The molecule has 0 bridgehead atoms. The summed E-state index contributed by atoms with van der Waals surface area (Å²) in [5.41, 5.74) is 2.42. The molecular formula is C16H17NO3S. The Kier molecular flexibility index (Phi) is 4.05. The number of carbonyl (C=O) groups is 1. The molecule has 1 aromatic heterocycles. The Labute approximate surface area is 127 Å². The van der Waals surface area contributed by atoms with Crippen molar-refractivity contribution in [2.75, 3.05) is 0 Å². The van der Waals surface area contributed by atoms with Crippen LogP contribution in [0.25, 0.3) is 0 Å². The highest BCUT2D eigenvalue weighted by atomic mass is 32.1. The number of fused-ring (bicyclic) bond motifs is 1. The van der Waals surface area contributed by atoms with E-state index in [9.17, 15) is 9.90 Å². The van der Waals surface area contributed by atoms with Crippen LogP contribution in [0.15, 0.2) is 36.4 Å². The molecule has 1 aliphatic carbocycles.